The zero-order valence-corrected chi connectivity index (χ0v) is 30.9. The summed E-state index contributed by atoms with van der Waals surface area (Å²) in [6.45, 7) is 9.28. The molecule has 0 aromatic heterocycles. The van der Waals surface area contributed by atoms with E-state index in [2.05, 4.69) is 37.5 Å². The molecule has 0 heterocycles. The lowest BCUT2D eigenvalue weighted by Gasteiger charge is -2.58. The minimum Gasteiger partial charge on any atom is -0.505 e. The smallest absolute Gasteiger partial charge is 0.256 e. The van der Waals surface area contributed by atoms with Gasteiger partial charge in [-0.15, -0.1) is 0 Å². The van der Waals surface area contributed by atoms with E-state index in [9.17, 15) is 19.5 Å². The van der Waals surface area contributed by atoms with Crippen LogP contribution in [0.1, 0.15) is 88.9 Å². The summed E-state index contributed by atoms with van der Waals surface area (Å²) < 4.78 is 27.9. The van der Waals surface area contributed by atoms with Crippen LogP contribution in [0.5, 0.6) is 11.5 Å². The van der Waals surface area contributed by atoms with Crippen molar-refractivity contribution in [3.05, 3.63) is 29.3 Å². The standard InChI is InChI=1S/C39H59N3O9/c1-25-12-14-38(2)26(22-25)6-7-27-28-8-11-32(39(28,3)15-13-29(27)38)51-18-5-17-49-23-33(43)41-16-19-48-20-21-50-24-34(44)42-30-9-10-31(47-4)35(36(30)45)37(40)46/h6,9-10,25,27-29,32,45H,5,7-8,11-24H2,1-4H3,(H2,40,46)(H,41,43)(H,42,44)/t25-,27?,28?,29?,32-,38-,39-/m1/s1. The first-order valence-electron chi connectivity index (χ1n) is 18.8. The highest BCUT2D eigenvalue weighted by Crippen LogP contribution is 2.65. The molecule has 0 bridgehead atoms. The van der Waals surface area contributed by atoms with Gasteiger partial charge >= 0.3 is 0 Å². The Morgan fingerprint density at radius 2 is 1.69 bits per heavy atom. The van der Waals surface area contributed by atoms with E-state index in [-0.39, 0.29) is 61.4 Å². The van der Waals surface area contributed by atoms with Gasteiger partial charge in [0.15, 0.2) is 5.75 Å². The highest BCUT2D eigenvalue weighted by atomic mass is 16.5. The molecule has 0 aliphatic heterocycles. The topological polar surface area (TPSA) is 168 Å². The molecule has 1 aromatic rings. The number of amides is 3. The summed E-state index contributed by atoms with van der Waals surface area (Å²) in [6, 6.07) is 2.81. The maximum atomic E-state index is 12.2. The van der Waals surface area contributed by atoms with Gasteiger partial charge in [-0.25, -0.2) is 0 Å². The lowest BCUT2D eigenvalue weighted by Crippen LogP contribution is -2.51. The molecule has 3 amide bonds. The monoisotopic (exact) mass is 713 g/mol. The number of hydrogen-bond donors (Lipinski definition) is 4. The largest absolute Gasteiger partial charge is 0.505 e. The van der Waals surface area contributed by atoms with Crippen LogP contribution in [0.25, 0.3) is 0 Å². The van der Waals surface area contributed by atoms with Crippen molar-refractivity contribution < 1.29 is 43.2 Å². The molecule has 0 radical (unpaired) electrons. The molecule has 51 heavy (non-hydrogen) atoms. The van der Waals surface area contributed by atoms with Gasteiger partial charge in [0.05, 0.1) is 38.7 Å². The summed E-state index contributed by atoms with van der Waals surface area (Å²) in [6.07, 6.45) is 14.0. The molecule has 3 saturated carbocycles. The van der Waals surface area contributed by atoms with Crippen LogP contribution in [0.15, 0.2) is 23.8 Å². The van der Waals surface area contributed by atoms with Gasteiger partial charge in [-0.05, 0) is 104 Å². The third-order valence-corrected chi connectivity index (χ3v) is 12.3. The maximum absolute atomic E-state index is 12.2. The molecule has 5 rings (SSSR count). The predicted octanol–water partition coefficient (Wildman–Crippen LogP) is 4.98. The molecule has 12 heteroatoms. The third-order valence-electron chi connectivity index (χ3n) is 12.3. The molecule has 0 saturated heterocycles. The maximum Gasteiger partial charge on any atom is 0.256 e. The number of primary amides is 1. The Hall–Kier alpha value is -3.19. The number of ether oxygens (including phenoxy) is 5. The van der Waals surface area contributed by atoms with Crippen molar-refractivity contribution in [2.24, 2.45) is 40.2 Å². The second-order valence-electron chi connectivity index (χ2n) is 15.5. The normalized spacial score (nSPS) is 29.6. The van der Waals surface area contributed by atoms with Crippen molar-refractivity contribution in [2.75, 3.05) is 65.2 Å². The molecular formula is C39H59N3O9. The van der Waals surface area contributed by atoms with Crippen LogP contribution in [-0.4, -0.2) is 88.8 Å². The Bertz CT molecular complexity index is 1420. The summed E-state index contributed by atoms with van der Waals surface area (Å²) in [7, 11) is 1.34. The van der Waals surface area contributed by atoms with E-state index in [0.717, 1.165) is 36.5 Å². The number of nitrogens with one attached hydrogen (secondary N) is 2. The fraction of sp³-hybridized carbons (Fsp3) is 0.718. The van der Waals surface area contributed by atoms with Crippen molar-refractivity contribution in [3.63, 3.8) is 0 Å². The number of benzene rings is 1. The minimum absolute atomic E-state index is 0.00910. The van der Waals surface area contributed by atoms with Gasteiger partial charge < -0.3 is 45.2 Å². The average Bonchev–Trinajstić information content (AvgIpc) is 3.44. The van der Waals surface area contributed by atoms with Gasteiger partial charge in [-0.1, -0.05) is 32.4 Å². The van der Waals surface area contributed by atoms with Crippen molar-refractivity contribution in [1.29, 1.82) is 0 Å². The molecular weight excluding hydrogens is 654 g/mol. The van der Waals surface area contributed by atoms with Crippen LogP contribution in [0.3, 0.4) is 0 Å². The van der Waals surface area contributed by atoms with Crippen molar-refractivity contribution in [3.8, 4) is 11.5 Å². The minimum atomic E-state index is -0.889. The SMILES string of the molecule is COc1ccc(NC(=O)COCCOCCNC(=O)COCCCO[C@@H]2CCC3C4CC=C5C[C@H](C)CC[C@@]5(C)C4CC[C@]32C)c(O)c1C(N)=O. The van der Waals surface area contributed by atoms with Gasteiger partial charge in [0, 0.05) is 19.8 Å². The van der Waals surface area contributed by atoms with E-state index in [4.69, 9.17) is 29.4 Å². The molecule has 12 nitrogen and oxygen atoms in total. The number of carbonyl (C=O) groups is 3. The molecule has 5 N–H and O–H groups in total. The molecule has 4 aliphatic rings. The Kier molecular flexibility index (Phi) is 13.4. The number of carbonyl (C=O) groups excluding carboxylic acids is 3. The number of nitrogens with two attached hydrogens (primary N) is 1. The number of allylic oxidation sites excluding steroid dienone is 2. The van der Waals surface area contributed by atoms with Crippen LogP contribution < -0.4 is 21.1 Å². The molecule has 4 aliphatic carbocycles. The Morgan fingerprint density at radius 3 is 2.47 bits per heavy atom. The second-order valence-corrected chi connectivity index (χ2v) is 15.5. The summed E-state index contributed by atoms with van der Waals surface area (Å²) in [5.74, 6) is 1.19. The quantitative estimate of drug-likeness (QED) is 0.0932. The zero-order chi connectivity index (χ0) is 36.6. The molecule has 1 aromatic carbocycles. The average molecular weight is 714 g/mol. The predicted molar refractivity (Wildman–Crippen MR) is 192 cm³/mol. The molecule has 284 valence electrons. The number of hydrogen-bond acceptors (Lipinski definition) is 9. The summed E-state index contributed by atoms with van der Waals surface area (Å²) >= 11 is 0. The Labute approximate surface area is 302 Å². The number of rotatable bonds is 18. The van der Waals surface area contributed by atoms with Crippen LogP contribution >= 0.6 is 0 Å². The fourth-order valence-corrected chi connectivity index (χ4v) is 9.59. The van der Waals surface area contributed by atoms with Crippen molar-refractivity contribution in [1.82, 2.24) is 5.32 Å². The summed E-state index contributed by atoms with van der Waals surface area (Å²) in [5.41, 5.74) is 7.52. The number of anilines is 1. The number of phenols is 1. The lowest BCUT2D eigenvalue weighted by molar-refractivity contribution is -0.126. The summed E-state index contributed by atoms with van der Waals surface area (Å²) in [4.78, 5) is 35.9. The van der Waals surface area contributed by atoms with Gasteiger partial charge in [0.25, 0.3) is 5.91 Å². The number of aromatic hydroxyl groups is 1. The summed E-state index contributed by atoms with van der Waals surface area (Å²) in [5, 5.41) is 15.5. The third kappa shape index (κ3) is 9.07. The van der Waals surface area contributed by atoms with Crippen LogP contribution in [-0.2, 0) is 28.5 Å². The highest BCUT2D eigenvalue weighted by molar-refractivity contribution is 6.02. The Balaban J connectivity index is 0.878. The van der Waals surface area contributed by atoms with E-state index in [0.29, 0.717) is 31.3 Å². The van der Waals surface area contributed by atoms with Crippen LogP contribution in [0.2, 0.25) is 0 Å². The highest BCUT2D eigenvalue weighted by Gasteiger charge is 2.58. The van der Waals surface area contributed by atoms with Gasteiger partial charge in [-0.3, -0.25) is 14.4 Å². The second kappa shape index (κ2) is 17.6. The van der Waals surface area contributed by atoms with Gasteiger partial charge in [0.2, 0.25) is 11.8 Å². The molecule has 0 spiro atoms. The molecule has 3 fully saturated rings. The van der Waals surface area contributed by atoms with E-state index >= 15 is 0 Å². The van der Waals surface area contributed by atoms with E-state index < -0.39 is 17.6 Å². The van der Waals surface area contributed by atoms with Gasteiger partial charge in [0.1, 0.15) is 24.5 Å². The van der Waals surface area contributed by atoms with Gasteiger partial charge in [-0.2, -0.15) is 0 Å². The van der Waals surface area contributed by atoms with E-state index in [1.54, 1.807) is 5.57 Å². The Morgan fingerprint density at radius 1 is 0.922 bits per heavy atom. The first-order chi connectivity index (χ1) is 24.5. The fourth-order valence-electron chi connectivity index (χ4n) is 9.59. The number of methoxy groups -OCH3 is 1. The van der Waals surface area contributed by atoms with Crippen LogP contribution in [0, 0.1) is 34.5 Å². The molecule has 7 atom stereocenters. The lowest BCUT2D eigenvalue weighted by atomic mass is 9.47. The first kappa shape index (κ1) is 39.0. The van der Waals surface area contributed by atoms with Crippen molar-refractivity contribution in [2.45, 2.75) is 84.7 Å². The zero-order valence-electron chi connectivity index (χ0n) is 30.9. The molecule has 3 unspecified atom stereocenters. The number of fused-ring (bicyclic) bond motifs is 5. The van der Waals surface area contributed by atoms with E-state index in [1.165, 1.54) is 64.2 Å². The van der Waals surface area contributed by atoms with E-state index in [1.807, 2.05) is 0 Å². The van der Waals surface area contributed by atoms with Crippen LogP contribution in [0.4, 0.5) is 5.69 Å². The first-order valence-corrected chi connectivity index (χ1v) is 18.8. The van der Waals surface area contributed by atoms with Crippen molar-refractivity contribution >= 4 is 23.4 Å².